The zero-order chi connectivity index (χ0) is 8.55. The fraction of sp³-hybridized carbons (Fsp3) is 0.333. The van der Waals surface area contributed by atoms with Crippen LogP contribution in [0.25, 0.3) is 0 Å². The van der Waals surface area contributed by atoms with Crippen LogP contribution in [0.4, 0.5) is 0 Å². The van der Waals surface area contributed by atoms with Gasteiger partial charge in [0, 0.05) is 0 Å². The van der Waals surface area contributed by atoms with E-state index in [1.54, 1.807) is 0 Å². The Morgan fingerprint density at radius 2 is 1.92 bits per heavy atom. The SMILES string of the molecule is C[SiH](C)c1ccc2c(c1)OCO2. The van der Waals surface area contributed by atoms with E-state index in [-0.39, 0.29) is 0 Å². The smallest absolute Gasteiger partial charge is 0.231 e. The maximum atomic E-state index is 5.29. The third kappa shape index (κ3) is 1.20. The molecule has 0 radical (unpaired) electrons. The summed E-state index contributed by atoms with van der Waals surface area (Å²) in [6.45, 7) is 4.98. The predicted octanol–water partition coefficient (Wildman–Crippen LogP) is 1.11. The average Bonchev–Trinajstić information content (AvgIpc) is 2.49. The molecular weight excluding hydrogens is 168 g/mol. The van der Waals surface area contributed by atoms with Gasteiger partial charge in [-0.15, -0.1) is 0 Å². The van der Waals surface area contributed by atoms with Gasteiger partial charge in [-0.3, -0.25) is 0 Å². The Bertz CT molecular complexity index is 297. The molecular formula is C9H12O2Si. The first-order chi connectivity index (χ1) is 5.77. The normalized spacial score (nSPS) is 13.9. The maximum absolute atomic E-state index is 5.29. The van der Waals surface area contributed by atoms with Crippen molar-refractivity contribution in [1.29, 1.82) is 0 Å². The van der Waals surface area contributed by atoms with Gasteiger partial charge in [-0.2, -0.15) is 0 Å². The van der Waals surface area contributed by atoms with Crippen molar-refractivity contribution in [3.8, 4) is 11.5 Å². The Balaban J connectivity index is 2.39. The minimum atomic E-state index is -0.699. The molecule has 1 heterocycles. The summed E-state index contributed by atoms with van der Waals surface area (Å²) in [6, 6.07) is 6.26. The number of benzene rings is 1. The zero-order valence-corrected chi connectivity index (χ0v) is 8.49. The first-order valence-corrected chi connectivity index (χ1v) is 7.05. The van der Waals surface area contributed by atoms with Crippen molar-refractivity contribution in [1.82, 2.24) is 0 Å². The van der Waals surface area contributed by atoms with Crippen LogP contribution in [0.5, 0.6) is 11.5 Å². The van der Waals surface area contributed by atoms with Gasteiger partial charge in [-0.25, -0.2) is 0 Å². The van der Waals surface area contributed by atoms with Crippen molar-refractivity contribution >= 4 is 14.0 Å². The van der Waals surface area contributed by atoms with Crippen molar-refractivity contribution in [2.24, 2.45) is 0 Å². The summed E-state index contributed by atoms with van der Waals surface area (Å²) in [4.78, 5) is 0. The van der Waals surface area contributed by atoms with Crippen LogP contribution in [-0.4, -0.2) is 15.6 Å². The molecule has 1 aliphatic heterocycles. The largest absolute Gasteiger partial charge is 0.454 e. The molecule has 1 aromatic rings. The highest BCUT2D eigenvalue weighted by Crippen LogP contribution is 2.29. The fourth-order valence-corrected chi connectivity index (χ4v) is 2.24. The minimum absolute atomic E-state index is 0.373. The molecule has 0 atom stereocenters. The third-order valence-corrected chi connectivity index (χ3v) is 3.76. The van der Waals surface area contributed by atoms with Crippen LogP contribution >= 0.6 is 0 Å². The van der Waals surface area contributed by atoms with Gasteiger partial charge >= 0.3 is 0 Å². The quantitative estimate of drug-likeness (QED) is 0.603. The van der Waals surface area contributed by atoms with E-state index in [1.165, 1.54) is 5.19 Å². The molecule has 0 unspecified atom stereocenters. The van der Waals surface area contributed by atoms with E-state index in [1.807, 2.05) is 6.07 Å². The molecule has 3 heteroatoms. The molecule has 0 spiro atoms. The summed E-state index contributed by atoms with van der Waals surface area (Å²) in [5, 5.41) is 1.43. The van der Waals surface area contributed by atoms with Crippen molar-refractivity contribution < 1.29 is 9.47 Å². The fourth-order valence-electron chi connectivity index (χ4n) is 1.27. The van der Waals surface area contributed by atoms with Gasteiger partial charge in [0.2, 0.25) is 6.79 Å². The Morgan fingerprint density at radius 3 is 2.67 bits per heavy atom. The standard InChI is InChI=1S/C9H12O2Si/c1-12(2)7-3-4-8-9(5-7)11-6-10-8/h3-5,12H,6H2,1-2H3. The lowest BCUT2D eigenvalue weighted by Gasteiger charge is -2.03. The summed E-state index contributed by atoms with van der Waals surface area (Å²) in [5.41, 5.74) is 0. The van der Waals surface area contributed by atoms with Gasteiger partial charge in [-0.1, -0.05) is 24.3 Å². The van der Waals surface area contributed by atoms with Gasteiger partial charge < -0.3 is 9.47 Å². The first-order valence-electron chi connectivity index (χ1n) is 4.17. The summed E-state index contributed by atoms with van der Waals surface area (Å²) < 4.78 is 10.5. The second kappa shape index (κ2) is 2.82. The number of fused-ring (bicyclic) bond motifs is 1. The second-order valence-corrected chi connectivity index (χ2v) is 6.24. The van der Waals surface area contributed by atoms with E-state index in [4.69, 9.17) is 9.47 Å². The molecule has 0 aromatic heterocycles. The van der Waals surface area contributed by atoms with Crippen molar-refractivity contribution in [3.05, 3.63) is 18.2 Å². The molecule has 0 amide bonds. The predicted molar refractivity (Wildman–Crippen MR) is 51.1 cm³/mol. The monoisotopic (exact) mass is 180 g/mol. The first kappa shape index (κ1) is 7.67. The highest BCUT2D eigenvalue weighted by Gasteiger charge is 2.13. The van der Waals surface area contributed by atoms with Gasteiger partial charge in [0.15, 0.2) is 11.5 Å². The highest BCUT2D eigenvalue weighted by molar-refractivity contribution is 6.70. The van der Waals surface area contributed by atoms with E-state index in [9.17, 15) is 0 Å². The molecule has 2 rings (SSSR count). The molecule has 12 heavy (non-hydrogen) atoms. The van der Waals surface area contributed by atoms with Gasteiger partial charge in [0.05, 0.1) is 8.80 Å². The zero-order valence-electron chi connectivity index (χ0n) is 7.33. The Morgan fingerprint density at radius 1 is 1.17 bits per heavy atom. The Labute approximate surface area is 73.7 Å². The third-order valence-electron chi connectivity index (χ3n) is 2.06. The van der Waals surface area contributed by atoms with Gasteiger partial charge in [0.25, 0.3) is 0 Å². The lowest BCUT2D eigenvalue weighted by molar-refractivity contribution is 0.174. The molecule has 0 aliphatic carbocycles. The maximum Gasteiger partial charge on any atom is 0.231 e. The van der Waals surface area contributed by atoms with Crippen LogP contribution < -0.4 is 14.7 Å². The molecule has 1 aliphatic rings. The van der Waals surface area contributed by atoms with E-state index >= 15 is 0 Å². The lowest BCUT2D eigenvalue weighted by Crippen LogP contribution is -2.21. The average molecular weight is 180 g/mol. The van der Waals surface area contributed by atoms with Crippen LogP contribution in [0.3, 0.4) is 0 Å². The van der Waals surface area contributed by atoms with E-state index in [0.29, 0.717) is 6.79 Å². The van der Waals surface area contributed by atoms with Gasteiger partial charge in [-0.05, 0) is 12.1 Å². The Hall–Kier alpha value is -0.963. The van der Waals surface area contributed by atoms with Crippen molar-refractivity contribution in [3.63, 3.8) is 0 Å². The van der Waals surface area contributed by atoms with Crippen molar-refractivity contribution in [2.45, 2.75) is 13.1 Å². The summed E-state index contributed by atoms with van der Waals surface area (Å²) in [5.74, 6) is 1.79. The highest BCUT2D eigenvalue weighted by atomic mass is 28.3. The van der Waals surface area contributed by atoms with E-state index < -0.39 is 8.80 Å². The van der Waals surface area contributed by atoms with E-state index in [2.05, 4.69) is 25.2 Å². The summed E-state index contributed by atoms with van der Waals surface area (Å²) in [7, 11) is -0.699. The molecule has 0 N–H and O–H groups in total. The molecule has 2 nitrogen and oxygen atoms in total. The molecule has 0 fully saturated rings. The van der Waals surface area contributed by atoms with E-state index in [0.717, 1.165) is 11.5 Å². The Kier molecular flexibility index (Phi) is 1.81. The van der Waals surface area contributed by atoms with Crippen molar-refractivity contribution in [2.75, 3.05) is 6.79 Å². The molecule has 64 valence electrons. The summed E-state index contributed by atoms with van der Waals surface area (Å²) >= 11 is 0. The number of hydrogen-bond acceptors (Lipinski definition) is 2. The minimum Gasteiger partial charge on any atom is -0.454 e. The van der Waals surface area contributed by atoms with Crippen LogP contribution in [0.15, 0.2) is 18.2 Å². The number of ether oxygens (including phenoxy) is 2. The van der Waals surface area contributed by atoms with Crippen LogP contribution in [0.2, 0.25) is 13.1 Å². The lowest BCUT2D eigenvalue weighted by atomic mass is 10.3. The molecule has 0 saturated heterocycles. The molecule has 1 aromatic carbocycles. The van der Waals surface area contributed by atoms with Gasteiger partial charge in [0.1, 0.15) is 0 Å². The molecule has 0 saturated carbocycles. The van der Waals surface area contributed by atoms with Crippen LogP contribution in [0, 0.1) is 0 Å². The molecule has 0 bridgehead atoms. The summed E-state index contributed by atoms with van der Waals surface area (Å²) in [6.07, 6.45) is 0. The number of rotatable bonds is 1. The second-order valence-electron chi connectivity index (χ2n) is 3.27. The number of hydrogen-bond donors (Lipinski definition) is 0. The van der Waals surface area contributed by atoms with Crippen LogP contribution in [-0.2, 0) is 0 Å². The van der Waals surface area contributed by atoms with Crippen LogP contribution in [0.1, 0.15) is 0 Å². The topological polar surface area (TPSA) is 18.5 Å².